The lowest BCUT2D eigenvalue weighted by Crippen LogP contribution is -2.34. The van der Waals surface area contributed by atoms with Crippen molar-refractivity contribution in [2.75, 3.05) is 10.8 Å². The number of anilines is 1. The molecule has 0 saturated carbocycles. The van der Waals surface area contributed by atoms with Crippen LogP contribution in [0.3, 0.4) is 0 Å². The Hall–Kier alpha value is -2.97. The van der Waals surface area contributed by atoms with E-state index in [1.54, 1.807) is 44.2 Å². The van der Waals surface area contributed by atoms with Crippen LogP contribution in [0.15, 0.2) is 52.0 Å². The zero-order chi connectivity index (χ0) is 25.2. The van der Waals surface area contributed by atoms with Crippen molar-refractivity contribution in [2.45, 2.75) is 46.3 Å². The highest BCUT2D eigenvalue weighted by atomic mass is 35.5. The molecule has 2 aromatic carbocycles. The molecular weight excluding hydrogens is 478 g/mol. The number of aryl methyl sites for hydroxylation is 3. The zero-order valence-electron chi connectivity index (χ0n) is 19.8. The molecule has 1 aromatic heterocycles. The maximum absolute atomic E-state index is 13.5. The van der Waals surface area contributed by atoms with Gasteiger partial charge in [-0.3, -0.25) is 4.31 Å². The Morgan fingerprint density at radius 2 is 1.79 bits per heavy atom. The van der Waals surface area contributed by atoms with Gasteiger partial charge in [0.2, 0.25) is 5.09 Å². The summed E-state index contributed by atoms with van der Waals surface area (Å²) < 4.78 is 39.8. The van der Waals surface area contributed by atoms with Crippen LogP contribution < -0.4 is 9.04 Å². The number of hydrogen-bond donors (Lipinski definition) is 1. The van der Waals surface area contributed by atoms with Gasteiger partial charge in [0.25, 0.3) is 10.0 Å². The minimum Gasteiger partial charge on any atom is -0.487 e. The highest BCUT2D eigenvalue weighted by Crippen LogP contribution is 2.38. The summed E-state index contributed by atoms with van der Waals surface area (Å²) >= 11 is 6.40. The van der Waals surface area contributed by atoms with Crippen molar-refractivity contribution >= 4 is 33.3 Å². The van der Waals surface area contributed by atoms with Crippen LogP contribution in [0.5, 0.6) is 5.75 Å². The number of furan rings is 1. The molecule has 0 aliphatic heterocycles. The molecule has 0 aliphatic rings. The van der Waals surface area contributed by atoms with Crippen LogP contribution in [0.4, 0.5) is 5.69 Å². The first-order valence-corrected chi connectivity index (χ1v) is 12.6. The van der Waals surface area contributed by atoms with E-state index < -0.39 is 16.0 Å². The third kappa shape index (κ3) is 5.56. The molecule has 1 heterocycles. The van der Waals surface area contributed by atoms with Crippen LogP contribution in [-0.2, 0) is 16.6 Å². The van der Waals surface area contributed by atoms with Gasteiger partial charge >= 0.3 is 5.97 Å². The molecule has 0 radical (unpaired) electrons. The number of carbonyl (C=O) groups is 1. The van der Waals surface area contributed by atoms with E-state index in [1.165, 1.54) is 16.4 Å². The minimum absolute atomic E-state index is 0.00461. The van der Waals surface area contributed by atoms with Crippen LogP contribution in [0.1, 0.15) is 46.7 Å². The standard InChI is InChI=1S/C25H28ClNO6S/c1-15(2)13-27(34(30,31)24-9-6-18(5)33-24)22-12-21(26)17(4)11-23(22)32-14-19-7-8-20(25(28)29)16(3)10-19/h6-12,15H,13-14H2,1-5H3,(H,28,29). The fourth-order valence-electron chi connectivity index (χ4n) is 3.49. The Labute approximate surface area is 205 Å². The van der Waals surface area contributed by atoms with Crippen molar-refractivity contribution in [3.05, 3.63) is 75.5 Å². The van der Waals surface area contributed by atoms with Crippen molar-refractivity contribution in [3.8, 4) is 5.75 Å². The molecule has 0 saturated heterocycles. The van der Waals surface area contributed by atoms with E-state index in [0.717, 1.165) is 11.1 Å². The number of nitrogens with zero attached hydrogens (tertiary/aromatic N) is 1. The molecule has 0 fully saturated rings. The molecule has 9 heteroatoms. The van der Waals surface area contributed by atoms with E-state index in [9.17, 15) is 18.3 Å². The van der Waals surface area contributed by atoms with Crippen LogP contribution in [0.25, 0.3) is 0 Å². The molecule has 7 nitrogen and oxygen atoms in total. The number of carboxylic acids is 1. The van der Waals surface area contributed by atoms with Crippen molar-refractivity contribution in [1.29, 1.82) is 0 Å². The number of rotatable bonds is 9. The fraction of sp³-hybridized carbons (Fsp3) is 0.320. The van der Waals surface area contributed by atoms with E-state index in [0.29, 0.717) is 27.8 Å². The Kier molecular flexibility index (Phi) is 7.63. The third-order valence-electron chi connectivity index (χ3n) is 5.22. The molecule has 0 unspecified atom stereocenters. The van der Waals surface area contributed by atoms with Crippen molar-refractivity contribution in [3.63, 3.8) is 0 Å². The van der Waals surface area contributed by atoms with Crippen LogP contribution >= 0.6 is 11.6 Å². The molecule has 3 aromatic rings. The van der Waals surface area contributed by atoms with Gasteiger partial charge in [-0.25, -0.2) is 4.79 Å². The summed E-state index contributed by atoms with van der Waals surface area (Å²) in [5, 5.41) is 9.50. The number of halogens is 1. The number of ether oxygens (including phenoxy) is 1. The number of aromatic carboxylic acids is 1. The summed E-state index contributed by atoms with van der Waals surface area (Å²) in [6.45, 7) is 9.34. The molecule has 0 bridgehead atoms. The summed E-state index contributed by atoms with van der Waals surface area (Å²) in [6, 6.07) is 11.3. The number of carboxylic acid groups (broad SMARTS) is 1. The van der Waals surface area contributed by atoms with Crippen molar-refractivity contribution in [1.82, 2.24) is 0 Å². The second kappa shape index (κ2) is 10.1. The van der Waals surface area contributed by atoms with Crippen molar-refractivity contribution < 1.29 is 27.5 Å². The Morgan fingerprint density at radius 1 is 1.09 bits per heavy atom. The summed E-state index contributed by atoms with van der Waals surface area (Å²) in [7, 11) is -4.02. The maximum atomic E-state index is 13.5. The highest BCUT2D eigenvalue weighted by Gasteiger charge is 2.31. The summed E-state index contributed by atoms with van der Waals surface area (Å²) in [6.07, 6.45) is 0. The predicted molar refractivity (Wildman–Crippen MR) is 131 cm³/mol. The average Bonchev–Trinajstić information content (AvgIpc) is 3.19. The van der Waals surface area contributed by atoms with Gasteiger partial charge in [-0.15, -0.1) is 0 Å². The summed E-state index contributed by atoms with van der Waals surface area (Å²) in [5.74, 6) is -0.163. The fourth-order valence-corrected chi connectivity index (χ4v) is 5.24. The quantitative estimate of drug-likeness (QED) is 0.384. The van der Waals surface area contributed by atoms with Gasteiger partial charge < -0.3 is 14.3 Å². The van der Waals surface area contributed by atoms with E-state index in [2.05, 4.69) is 0 Å². The third-order valence-corrected chi connectivity index (χ3v) is 7.28. The predicted octanol–water partition coefficient (Wildman–Crippen LogP) is 5.99. The van der Waals surface area contributed by atoms with E-state index in [4.69, 9.17) is 20.8 Å². The lowest BCUT2D eigenvalue weighted by molar-refractivity contribution is 0.0696. The van der Waals surface area contributed by atoms with E-state index in [-0.39, 0.29) is 29.7 Å². The Morgan fingerprint density at radius 3 is 2.35 bits per heavy atom. The summed E-state index contributed by atoms with van der Waals surface area (Å²) in [4.78, 5) is 11.3. The maximum Gasteiger partial charge on any atom is 0.335 e. The SMILES string of the molecule is Cc1ccc(S(=O)(=O)N(CC(C)C)c2cc(Cl)c(C)cc2OCc2ccc(C(=O)O)c(C)c2)o1. The second-order valence-electron chi connectivity index (χ2n) is 8.61. The van der Waals surface area contributed by atoms with Gasteiger partial charge in [0.15, 0.2) is 0 Å². The smallest absolute Gasteiger partial charge is 0.335 e. The Bertz CT molecular complexity index is 1310. The van der Waals surface area contributed by atoms with Gasteiger partial charge in [0, 0.05) is 11.6 Å². The largest absolute Gasteiger partial charge is 0.487 e. The Balaban J connectivity index is 2.03. The first kappa shape index (κ1) is 25.6. The topological polar surface area (TPSA) is 97.0 Å². The zero-order valence-corrected chi connectivity index (χ0v) is 21.3. The molecule has 3 rings (SSSR count). The van der Waals surface area contributed by atoms with Gasteiger partial charge in [-0.1, -0.05) is 37.6 Å². The first-order valence-electron chi connectivity index (χ1n) is 10.7. The highest BCUT2D eigenvalue weighted by molar-refractivity contribution is 7.92. The lowest BCUT2D eigenvalue weighted by atomic mass is 10.1. The van der Waals surface area contributed by atoms with Gasteiger partial charge in [-0.2, -0.15) is 8.42 Å². The molecule has 0 amide bonds. The van der Waals surface area contributed by atoms with Crippen LogP contribution in [-0.4, -0.2) is 26.0 Å². The second-order valence-corrected chi connectivity index (χ2v) is 10.8. The monoisotopic (exact) mass is 505 g/mol. The van der Waals surface area contributed by atoms with Crippen LogP contribution in [0, 0.1) is 26.7 Å². The van der Waals surface area contributed by atoms with Gasteiger partial charge in [0.1, 0.15) is 18.1 Å². The molecule has 34 heavy (non-hydrogen) atoms. The van der Waals surface area contributed by atoms with Gasteiger partial charge in [-0.05, 0) is 73.7 Å². The van der Waals surface area contributed by atoms with Crippen molar-refractivity contribution in [2.24, 2.45) is 5.92 Å². The summed E-state index contributed by atoms with van der Waals surface area (Å²) in [5.41, 5.74) is 2.61. The minimum atomic E-state index is -4.02. The molecule has 0 spiro atoms. The number of benzene rings is 2. The van der Waals surface area contributed by atoms with Gasteiger partial charge in [0.05, 0.1) is 11.3 Å². The molecule has 182 valence electrons. The molecule has 1 N–H and O–H groups in total. The van der Waals surface area contributed by atoms with E-state index in [1.807, 2.05) is 20.8 Å². The molecule has 0 aliphatic carbocycles. The van der Waals surface area contributed by atoms with Crippen LogP contribution in [0.2, 0.25) is 5.02 Å². The first-order chi connectivity index (χ1) is 15.9. The normalized spacial score (nSPS) is 11.6. The van der Waals surface area contributed by atoms with E-state index >= 15 is 0 Å². The lowest BCUT2D eigenvalue weighted by Gasteiger charge is -2.27. The number of sulfonamides is 1. The average molecular weight is 506 g/mol. The molecular formula is C25H28ClNO6S. The number of hydrogen-bond acceptors (Lipinski definition) is 5. The molecule has 0 atom stereocenters.